The van der Waals surface area contributed by atoms with E-state index in [2.05, 4.69) is 15.3 Å². The fraction of sp³-hybridized carbons (Fsp3) is 0.167. The Balaban J connectivity index is 1.96. The van der Waals surface area contributed by atoms with Gasteiger partial charge in [-0.25, -0.2) is 4.79 Å². The first-order valence-corrected chi connectivity index (χ1v) is 11.8. The Hall–Kier alpha value is -3.53. The number of nitrogens with zero attached hydrogens (tertiary/aromatic N) is 4. The third-order valence-electron chi connectivity index (χ3n) is 4.57. The summed E-state index contributed by atoms with van der Waals surface area (Å²) in [6, 6.07) is 4.83. The molecule has 1 aliphatic rings. The molecule has 0 radical (unpaired) electrons. The number of carboxylic acid groups (broad SMARTS) is 1. The summed E-state index contributed by atoms with van der Waals surface area (Å²) in [5.74, 6) is -2.13. The van der Waals surface area contributed by atoms with Gasteiger partial charge in [0.15, 0.2) is 6.04 Å². The maximum absolute atomic E-state index is 12.9. The van der Waals surface area contributed by atoms with E-state index in [1.807, 2.05) is 0 Å². The molecule has 1 amide bonds. The van der Waals surface area contributed by atoms with Crippen LogP contribution >= 0.6 is 0 Å². The molecule has 0 aromatic heterocycles. The van der Waals surface area contributed by atoms with Crippen molar-refractivity contribution in [1.82, 2.24) is 0 Å². The topological polar surface area (TPSA) is 203 Å². The van der Waals surface area contributed by atoms with Crippen LogP contribution in [0.1, 0.15) is 22.8 Å². The van der Waals surface area contributed by atoms with E-state index in [1.54, 1.807) is 0 Å². The lowest BCUT2D eigenvalue weighted by Crippen LogP contribution is -2.30. The van der Waals surface area contributed by atoms with Crippen molar-refractivity contribution in [3.8, 4) is 0 Å². The average Bonchev–Trinajstić information content (AvgIpc) is 2.98. The van der Waals surface area contributed by atoms with Crippen molar-refractivity contribution >= 4 is 49.2 Å². The number of carboxylic acids is 1. The first kappa shape index (κ1) is 24.1. The molecule has 0 unspecified atom stereocenters. The smallest absolute Gasteiger partial charge is 0.337 e. The standard InChI is InChI=1S/C18H16N4O9S2/c1-9-7-11(32(26,27)28)4-6-15(9)22-17(23)16(10(2)21-22)20-19-14-8-12(33(29,30)31)3-5-13(14)18(24)25/h3-8,16H,1-2H3,(H,24,25)(H,26,27,28)(H,29,30,31)/t16-/m1/s1. The zero-order chi connectivity index (χ0) is 24.7. The first-order chi connectivity index (χ1) is 15.2. The van der Waals surface area contributed by atoms with E-state index >= 15 is 0 Å². The third-order valence-corrected chi connectivity index (χ3v) is 6.27. The van der Waals surface area contributed by atoms with Crippen LogP contribution in [0.15, 0.2) is 61.5 Å². The Morgan fingerprint density at radius 1 is 1.00 bits per heavy atom. The molecule has 3 N–H and O–H groups in total. The normalized spacial score (nSPS) is 17.0. The molecule has 0 saturated carbocycles. The van der Waals surface area contributed by atoms with Crippen LogP contribution in [0.3, 0.4) is 0 Å². The highest BCUT2D eigenvalue weighted by atomic mass is 32.2. The number of aromatic carboxylic acids is 1. The largest absolute Gasteiger partial charge is 0.478 e. The van der Waals surface area contributed by atoms with Gasteiger partial charge in [0.05, 0.1) is 26.8 Å². The molecule has 1 aliphatic heterocycles. The molecule has 1 atom stereocenters. The van der Waals surface area contributed by atoms with E-state index in [0.29, 0.717) is 5.56 Å². The summed E-state index contributed by atoms with van der Waals surface area (Å²) in [6.45, 7) is 2.95. The maximum atomic E-state index is 12.9. The number of hydrogen-bond donors (Lipinski definition) is 3. The zero-order valence-electron chi connectivity index (χ0n) is 16.9. The number of azo groups is 1. The molecule has 3 rings (SSSR count). The van der Waals surface area contributed by atoms with Gasteiger partial charge in [-0.1, -0.05) is 0 Å². The quantitative estimate of drug-likeness (QED) is 0.395. The van der Waals surface area contributed by atoms with E-state index in [4.69, 9.17) is 4.55 Å². The highest BCUT2D eigenvalue weighted by molar-refractivity contribution is 7.86. The van der Waals surface area contributed by atoms with Crippen LogP contribution < -0.4 is 5.01 Å². The van der Waals surface area contributed by atoms with Crippen molar-refractivity contribution in [2.75, 3.05) is 5.01 Å². The third kappa shape index (κ3) is 4.95. The predicted octanol–water partition coefficient (Wildman–Crippen LogP) is 2.06. The van der Waals surface area contributed by atoms with Gasteiger partial charge in [-0.05, 0) is 55.8 Å². The number of hydrogen-bond acceptors (Lipinski definition) is 9. The Bertz CT molecular complexity index is 1450. The predicted molar refractivity (Wildman–Crippen MR) is 113 cm³/mol. The number of hydrazone groups is 1. The Kier molecular flexibility index (Phi) is 6.16. The van der Waals surface area contributed by atoms with Crippen LogP contribution in [0.25, 0.3) is 0 Å². The number of benzene rings is 2. The van der Waals surface area contributed by atoms with Crippen LogP contribution in [0.5, 0.6) is 0 Å². The molecule has 0 fully saturated rings. The van der Waals surface area contributed by atoms with Crippen LogP contribution in [0.2, 0.25) is 0 Å². The van der Waals surface area contributed by atoms with Gasteiger partial charge < -0.3 is 5.11 Å². The van der Waals surface area contributed by atoms with Crippen molar-refractivity contribution in [3.05, 3.63) is 47.5 Å². The van der Waals surface area contributed by atoms with Gasteiger partial charge in [-0.15, -0.1) is 0 Å². The average molecular weight is 496 g/mol. The second-order valence-corrected chi connectivity index (χ2v) is 9.74. The molecule has 13 nitrogen and oxygen atoms in total. The summed E-state index contributed by atoms with van der Waals surface area (Å²) in [5, 5.41) is 21.8. The molecule has 15 heteroatoms. The molecule has 0 bridgehead atoms. The Morgan fingerprint density at radius 3 is 2.12 bits per heavy atom. The fourth-order valence-corrected chi connectivity index (χ4v) is 4.01. The van der Waals surface area contributed by atoms with Crippen LogP contribution in [-0.4, -0.2) is 54.7 Å². The second-order valence-electron chi connectivity index (χ2n) is 6.89. The van der Waals surface area contributed by atoms with Gasteiger partial charge >= 0.3 is 5.97 Å². The molecule has 0 aliphatic carbocycles. The minimum absolute atomic E-state index is 0.171. The Morgan fingerprint density at radius 2 is 1.58 bits per heavy atom. The van der Waals surface area contributed by atoms with E-state index < -0.39 is 54.3 Å². The summed E-state index contributed by atoms with van der Waals surface area (Å²) in [5.41, 5.74) is -0.138. The van der Waals surface area contributed by atoms with Gasteiger partial charge in [0.2, 0.25) is 0 Å². The van der Waals surface area contributed by atoms with Crippen molar-refractivity contribution in [1.29, 1.82) is 0 Å². The molecule has 0 saturated heterocycles. The molecule has 1 heterocycles. The van der Waals surface area contributed by atoms with E-state index in [1.165, 1.54) is 19.9 Å². The van der Waals surface area contributed by atoms with Crippen molar-refractivity contribution in [3.63, 3.8) is 0 Å². The molecular weight excluding hydrogens is 480 g/mol. The van der Waals surface area contributed by atoms with Gasteiger partial charge in [-0.2, -0.15) is 37.2 Å². The lowest BCUT2D eigenvalue weighted by atomic mass is 10.1. The van der Waals surface area contributed by atoms with E-state index in [9.17, 15) is 36.1 Å². The van der Waals surface area contributed by atoms with Crippen molar-refractivity contribution in [2.45, 2.75) is 29.7 Å². The van der Waals surface area contributed by atoms with E-state index in [0.717, 1.165) is 35.3 Å². The molecule has 0 spiro atoms. The summed E-state index contributed by atoms with van der Waals surface area (Å²) >= 11 is 0. The zero-order valence-corrected chi connectivity index (χ0v) is 18.6. The summed E-state index contributed by atoms with van der Waals surface area (Å²) < 4.78 is 63.6. The van der Waals surface area contributed by atoms with Crippen molar-refractivity contribution < 1.29 is 40.6 Å². The van der Waals surface area contributed by atoms with Gasteiger partial charge in [0.25, 0.3) is 26.1 Å². The number of carbonyl (C=O) groups is 2. The van der Waals surface area contributed by atoms with Crippen LogP contribution in [0.4, 0.5) is 11.4 Å². The molecule has 33 heavy (non-hydrogen) atoms. The number of carbonyl (C=O) groups excluding carboxylic acids is 1. The SMILES string of the molecule is CC1=NN(c2ccc(S(=O)(=O)O)cc2C)C(=O)[C@@H]1N=Nc1cc(S(=O)(=O)O)ccc1C(=O)O. The van der Waals surface area contributed by atoms with E-state index in [-0.39, 0.29) is 16.3 Å². The van der Waals surface area contributed by atoms with Crippen LogP contribution in [-0.2, 0) is 25.0 Å². The number of anilines is 1. The lowest BCUT2D eigenvalue weighted by molar-refractivity contribution is -0.117. The van der Waals surface area contributed by atoms with Gasteiger partial charge in [0, 0.05) is 0 Å². The van der Waals surface area contributed by atoms with Crippen LogP contribution in [0, 0.1) is 6.92 Å². The summed E-state index contributed by atoms with van der Waals surface area (Å²) in [7, 11) is -9.09. The molecular formula is C18H16N4O9S2. The summed E-state index contributed by atoms with van der Waals surface area (Å²) in [6.07, 6.45) is 0. The second kappa shape index (κ2) is 8.43. The first-order valence-electron chi connectivity index (χ1n) is 8.93. The number of amides is 1. The monoisotopic (exact) mass is 496 g/mol. The fourth-order valence-electron chi connectivity index (χ4n) is 2.94. The van der Waals surface area contributed by atoms with Crippen molar-refractivity contribution in [2.24, 2.45) is 15.3 Å². The minimum atomic E-state index is -4.64. The number of rotatable bonds is 6. The maximum Gasteiger partial charge on any atom is 0.337 e. The molecule has 174 valence electrons. The Labute approximate surface area is 187 Å². The molecule has 2 aromatic carbocycles. The number of aryl methyl sites for hydroxylation is 1. The highest BCUT2D eigenvalue weighted by Gasteiger charge is 2.35. The minimum Gasteiger partial charge on any atom is -0.478 e. The van der Waals surface area contributed by atoms with Gasteiger partial charge in [0.1, 0.15) is 5.69 Å². The van der Waals surface area contributed by atoms with Gasteiger partial charge in [-0.3, -0.25) is 13.9 Å². The molecule has 2 aromatic rings. The summed E-state index contributed by atoms with van der Waals surface area (Å²) in [4.78, 5) is 23.3. The highest BCUT2D eigenvalue weighted by Crippen LogP contribution is 2.29. The lowest BCUT2D eigenvalue weighted by Gasteiger charge is -2.15.